The van der Waals surface area contributed by atoms with E-state index in [4.69, 9.17) is 10.2 Å². The van der Waals surface area contributed by atoms with Crippen LogP contribution in [-0.4, -0.2) is 18.4 Å². The van der Waals surface area contributed by atoms with Crippen molar-refractivity contribution in [2.75, 3.05) is 6.54 Å². The van der Waals surface area contributed by atoms with Crippen LogP contribution in [0.4, 0.5) is 0 Å². The lowest BCUT2D eigenvalue weighted by atomic mass is 10.1. The van der Waals surface area contributed by atoms with E-state index < -0.39 is 0 Å². The molecule has 2 aromatic heterocycles. The second kappa shape index (κ2) is 11.5. The van der Waals surface area contributed by atoms with Crippen molar-refractivity contribution in [2.24, 2.45) is 10.7 Å². The summed E-state index contributed by atoms with van der Waals surface area (Å²) in [5.41, 5.74) is 7.42. The van der Waals surface area contributed by atoms with Crippen LogP contribution in [0.15, 0.2) is 69.6 Å². The number of nitrogens with one attached hydrogen (secondary N) is 2. The molecule has 0 aliphatic heterocycles. The van der Waals surface area contributed by atoms with Gasteiger partial charge in [-0.2, -0.15) is 0 Å². The van der Waals surface area contributed by atoms with Crippen LogP contribution in [0.5, 0.6) is 0 Å². The van der Waals surface area contributed by atoms with Gasteiger partial charge in [0.2, 0.25) is 0 Å². The molecule has 3 aromatic rings. The van der Waals surface area contributed by atoms with Gasteiger partial charge in [-0.3, -0.25) is 4.79 Å². The summed E-state index contributed by atoms with van der Waals surface area (Å²) in [6, 6.07) is 15.1. The van der Waals surface area contributed by atoms with Crippen LogP contribution in [-0.2, 0) is 19.5 Å². The number of benzene rings is 1. The Morgan fingerprint density at radius 3 is 2.79 bits per heavy atom. The van der Waals surface area contributed by atoms with Gasteiger partial charge in [-0.25, -0.2) is 4.99 Å². The Morgan fingerprint density at radius 2 is 2.04 bits per heavy atom. The molecule has 0 fully saturated rings. The normalized spacial score (nSPS) is 10.9. The predicted octanol–water partition coefficient (Wildman–Crippen LogP) is 3.54. The van der Waals surface area contributed by atoms with Gasteiger partial charge in [-0.15, -0.1) is 35.3 Å². The third-order valence-electron chi connectivity index (χ3n) is 3.88. The molecule has 0 saturated heterocycles. The van der Waals surface area contributed by atoms with Crippen molar-refractivity contribution in [3.05, 3.63) is 81.9 Å². The van der Waals surface area contributed by atoms with Crippen LogP contribution in [0, 0.1) is 0 Å². The van der Waals surface area contributed by atoms with Crippen LogP contribution in [0.3, 0.4) is 0 Å². The minimum absolute atomic E-state index is 0. The summed E-state index contributed by atoms with van der Waals surface area (Å²) in [6.45, 7) is 1.51. The van der Waals surface area contributed by atoms with Gasteiger partial charge in [0.15, 0.2) is 5.96 Å². The minimum Gasteiger partial charge on any atom is -0.467 e. The van der Waals surface area contributed by atoms with Gasteiger partial charge in [-0.05, 0) is 47.7 Å². The summed E-state index contributed by atoms with van der Waals surface area (Å²) in [6.07, 6.45) is 2.50. The summed E-state index contributed by atoms with van der Waals surface area (Å²) in [5, 5.41) is 8.00. The quantitative estimate of drug-likeness (QED) is 0.246. The highest BCUT2D eigenvalue weighted by Gasteiger charge is 2.07. The smallest absolute Gasteiger partial charge is 0.251 e. The first-order valence-corrected chi connectivity index (χ1v) is 9.54. The number of nitrogens with zero attached hydrogens (tertiary/aromatic N) is 1. The van der Waals surface area contributed by atoms with Crippen molar-refractivity contribution in [1.82, 2.24) is 10.6 Å². The maximum absolute atomic E-state index is 12.3. The van der Waals surface area contributed by atoms with Gasteiger partial charge in [0.1, 0.15) is 5.76 Å². The zero-order valence-corrected chi connectivity index (χ0v) is 18.4. The average Bonchev–Trinajstić information content (AvgIpc) is 3.39. The third-order valence-corrected chi connectivity index (χ3v) is 4.82. The predicted molar refractivity (Wildman–Crippen MR) is 123 cm³/mol. The fourth-order valence-corrected chi connectivity index (χ4v) is 3.20. The number of furan rings is 1. The van der Waals surface area contributed by atoms with Crippen molar-refractivity contribution in [3.8, 4) is 0 Å². The topological polar surface area (TPSA) is 92.6 Å². The Balaban J connectivity index is 0.00000280. The molecule has 0 radical (unpaired) electrons. The maximum atomic E-state index is 12.3. The van der Waals surface area contributed by atoms with E-state index in [1.54, 1.807) is 29.7 Å². The van der Waals surface area contributed by atoms with Crippen LogP contribution < -0.4 is 16.4 Å². The van der Waals surface area contributed by atoms with Crippen molar-refractivity contribution >= 4 is 47.2 Å². The molecular formula is C20H23IN4O2S. The van der Waals surface area contributed by atoms with Gasteiger partial charge in [0.05, 0.1) is 19.4 Å². The third kappa shape index (κ3) is 7.01. The molecule has 4 N–H and O–H groups in total. The van der Waals surface area contributed by atoms with Gasteiger partial charge >= 0.3 is 0 Å². The van der Waals surface area contributed by atoms with Gasteiger partial charge in [0, 0.05) is 17.0 Å². The number of hydrogen-bond acceptors (Lipinski definition) is 4. The fourth-order valence-electron chi connectivity index (χ4n) is 2.49. The van der Waals surface area contributed by atoms with E-state index in [0.717, 1.165) is 18.5 Å². The molecule has 28 heavy (non-hydrogen) atoms. The highest BCUT2D eigenvalue weighted by molar-refractivity contribution is 14.0. The molecule has 0 bridgehead atoms. The largest absolute Gasteiger partial charge is 0.467 e. The van der Waals surface area contributed by atoms with Crippen molar-refractivity contribution in [3.63, 3.8) is 0 Å². The Morgan fingerprint density at radius 1 is 1.14 bits per heavy atom. The number of carbonyl (C=O) groups is 1. The number of nitrogens with two attached hydrogens (primary N) is 1. The van der Waals surface area contributed by atoms with E-state index in [2.05, 4.69) is 27.1 Å². The molecule has 2 heterocycles. The number of rotatable bonds is 8. The molecule has 0 aliphatic carbocycles. The number of carbonyl (C=O) groups excluding carboxylic acids is 1. The van der Waals surface area contributed by atoms with E-state index in [0.29, 0.717) is 30.4 Å². The number of guanidine groups is 1. The highest BCUT2D eigenvalue weighted by Crippen LogP contribution is 2.09. The SMILES string of the molecule is I.NC(=NCc1cccc(C(=O)NCc2ccco2)c1)NCCc1cccs1. The molecule has 0 saturated carbocycles. The van der Waals surface area contributed by atoms with Gasteiger partial charge < -0.3 is 20.8 Å². The Kier molecular flexibility index (Phi) is 9.02. The lowest BCUT2D eigenvalue weighted by Crippen LogP contribution is -2.33. The first kappa shape index (κ1) is 22.0. The Labute approximate surface area is 185 Å². The molecule has 148 valence electrons. The van der Waals surface area contributed by atoms with E-state index in [1.807, 2.05) is 30.3 Å². The zero-order chi connectivity index (χ0) is 18.9. The van der Waals surface area contributed by atoms with Gasteiger partial charge in [0.25, 0.3) is 5.91 Å². The van der Waals surface area contributed by atoms with E-state index in [-0.39, 0.29) is 29.9 Å². The molecule has 0 spiro atoms. The highest BCUT2D eigenvalue weighted by atomic mass is 127. The van der Waals surface area contributed by atoms with Crippen LogP contribution in [0.25, 0.3) is 0 Å². The molecule has 1 amide bonds. The lowest BCUT2D eigenvalue weighted by Gasteiger charge is -2.07. The summed E-state index contributed by atoms with van der Waals surface area (Å²) in [5.74, 6) is 0.962. The monoisotopic (exact) mass is 510 g/mol. The lowest BCUT2D eigenvalue weighted by molar-refractivity contribution is 0.0948. The number of thiophene rings is 1. The summed E-state index contributed by atoms with van der Waals surface area (Å²) < 4.78 is 5.21. The molecule has 1 aromatic carbocycles. The average molecular weight is 510 g/mol. The standard InChI is InChI=1S/C20H22N4O2S.HI/c21-20(22-9-8-18-7-3-11-27-18)24-13-15-4-1-5-16(12-15)19(25)23-14-17-6-2-10-26-17;/h1-7,10-12H,8-9,13-14H2,(H,23,25)(H3,21,22,24);1H. The number of halogens is 1. The molecule has 6 nitrogen and oxygen atoms in total. The molecule has 0 unspecified atom stereocenters. The summed E-state index contributed by atoms with van der Waals surface area (Å²) in [4.78, 5) is 17.9. The first-order chi connectivity index (χ1) is 13.2. The molecular weight excluding hydrogens is 487 g/mol. The summed E-state index contributed by atoms with van der Waals surface area (Å²) >= 11 is 1.73. The number of hydrogen-bond donors (Lipinski definition) is 3. The van der Waals surface area contributed by atoms with Crippen molar-refractivity contribution in [2.45, 2.75) is 19.5 Å². The maximum Gasteiger partial charge on any atom is 0.251 e. The van der Waals surface area contributed by atoms with E-state index >= 15 is 0 Å². The van der Waals surface area contributed by atoms with Crippen LogP contribution >= 0.6 is 35.3 Å². The van der Waals surface area contributed by atoms with Crippen molar-refractivity contribution < 1.29 is 9.21 Å². The van der Waals surface area contributed by atoms with Crippen LogP contribution in [0.1, 0.15) is 26.6 Å². The second-order valence-electron chi connectivity index (χ2n) is 5.92. The molecule has 0 atom stereocenters. The first-order valence-electron chi connectivity index (χ1n) is 8.66. The van der Waals surface area contributed by atoms with Gasteiger partial charge in [-0.1, -0.05) is 18.2 Å². The number of aliphatic imine (C=N–C) groups is 1. The molecule has 8 heteroatoms. The summed E-state index contributed by atoms with van der Waals surface area (Å²) in [7, 11) is 0. The molecule has 0 aliphatic rings. The van der Waals surface area contributed by atoms with Crippen LogP contribution in [0.2, 0.25) is 0 Å². The fraction of sp³-hybridized carbons (Fsp3) is 0.200. The Bertz CT molecular complexity index is 880. The minimum atomic E-state index is -0.153. The second-order valence-corrected chi connectivity index (χ2v) is 6.95. The van der Waals surface area contributed by atoms with E-state index in [1.165, 1.54) is 4.88 Å². The van der Waals surface area contributed by atoms with Crippen molar-refractivity contribution in [1.29, 1.82) is 0 Å². The van der Waals surface area contributed by atoms with E-state index in [9.17, 15) is 4.79 Å². The molecule has 3 rings (SSSR count). The number of amides is 1. The Hall–Kier alpha value is -2.33. The zero-order valence-electron chi connectivity index (χ0n) is 15.3.